The van der Waals surface area contributed by atoms with Gasteiger partial charge in [-0.25, -0.2) is 10.3 Å². The van der Waals surface area contributed by atoms with E-state index in [-0.39, 0.29) is 23.6 Å². The number of carbonyl (C=O) groups is 1. The number of hydrogen-bond acceptors (Lipinski definition) is 5. The number of benzene rings is 1. The highest BCUT2D eigenvalue weighted by atomic mass is 16.6. The monoisotopic (exact) mass is 264 g/mol. The number of nitro benzene ring substituents is 1. The molecule has 1 aromatic heterocycles. The van der Waals surface area contributed by atoms with Crippen molar-refractivity contribution in [2.24, 2.45) is 5.73 Å². The van der Waals surface area contributed by atoms with Crippen LogP contribution < -0.4 is 16.0 Å². The van der Waals surface area contributed by atoms with Crippen molar-refractivity contribution in [3.05, 3.63) is 28.3 Å². The molecule has 0 spiro atoms. The molecule has 98 valence electrons. The van der Waals surface area contributed by atoms with Crippen LogP contribution in [0.1, 0.15) is 6.92 Å². The summed E-state index contributed by atoms with van der Waals surface area (Å²) in [6.45, 7) is 1.30. The number of aromatic nitrogens is 1. The Labute approximate surface area is 106 Å². The summed E-state index contributed by atoms with van der Waals surface area (Å²) in [6, 6.07) is 4.04. The minimum atomic E-state index is -0.529. The molecule has 9 nitrogen and oxygen atoms in total. The molecule has 0 aliphatic rings. The maximum Gasteiger partial charge on any atom is 0.406 e. The molecule has 4 N–H and O–H groups in total. The lowest BCUT2D eigenvalue weighted by molar-refractivity contribution is -0.384. The first-order chi connectivity index (χ1) is 8.95. The van der Waals surface area contributed by atoms with Crippen molar-refractivity contribution in [2.75, 3.05) is 0 Å². The molecule has 9 heteroatoms. The molecular formula is C10H10N5O4+. The fraction of sp³-hybridized carbons (Fsp3) is 0.100. The number of carbonyl (C=O) groups excluding carboxylic acids is 1. The summed E-state index contributed by atoms with van der Waals surface area (Å²) in [5.74, 6) is -0.398. The van der Waals surface area contributed by atoms with Gasteiger partial charge in [0.15, 0.2) is 11.1 Å². The lowest BCUT2D eigenvalue weighted by Crippen LogP contribution is -2.74. The van der Waals surface area contributed by atoms with Crippen molar-refractivity contribution in [1.29, 1.82) is 0 Å². The van der Waals surface area contributed by atoms with Crippen LogP contribution >= 0.6 is 0 Å². The van der Waals surface area contributed by atoms with Crippen LogP contribution in [0, 0.1) is 10.1 Å². The molecule has 2 aromatic rings. The van der Waals surface area contributed by atoms with Crippen LogP contribution in [0.4, 0.5) is 11.7 Å². The van der Waals surface area contributed by atoms with E-state index in [4.69, 9.17) is 10.2 Å². The van der Waals surface area contributed by atoms with Gasteiger partial charge >= 0.3 is 12.0 Å². The lowest BCUT2D eigenvalue weighted by atomic mass is 10.3. The lowest BCUT2D eigenvalue weighted by Gasteiger charge is -1.91. The Hall–Kier alpha value is -2.97. The topological polar surface area (TPSA) is 138 Å². The summed E-state index contributed by atoms with van der Waals surface area (Å²) >= 11 is 0. The summed E-state index contributed by atoms with van der Waals surface area (Å²) in [5, 5.41) is 12.9. The third-order valence-corrected chi connectivity index (χ3v) is 2.13. The zero-order valence-electron chi connectivity index (χ0n) is 9.84. The van der Waals surface area contributed by atoms with E-state index in [9.17, 15) is 14.9 Å². The number of non-ortho nitro benzene ring substituents is 1. The molecule has 0 fully saturated rings. The number of hydrogen-bond donors (Lipinski definition) is 3. The molecule has 0 atom stereocenters. The highest BCUT2D eigenvalue weighted by Crippen LogP contribution is 2.21. The van der Waals surface area contributed by atoms with Crippen LogP contribution in [0.2, 0.25) is 0 Å². The average molecular weight is 264 g/mol. The number of guanidine groups is 1. The minimum Gasteiger partial charge on any atom is -0.404 e. The molecule has 0 bridgehead atoms. The van der Waals surface area contributed by atoms with Crippen molar-refractivity contribution >= 4 is 34.7 Å². The standard InChI is InChI=1S/C10H9N5O4/c1-5(16)12-9(11)14-10-13-7-4-6(15(17)18)2-3-8(7)19-10/h2-4H,1H3,(H3,11,12,13,14,16)/p+1. The van der Waals surface area contributed by atoms with Crippen molar-refractivity contribution in [2.45, 2.75) is 6.92 Å². The van der Waals surface area contributed by atoms with Crippen molar-refractivity contribution in [1.82, 2.24) is 10.3 Å². The van der Waals surface area contributed by atoms with Gasteiger partial charge in [-0.2, -0.15) is 0 Å². The first-order valence-electron chi connectivity index (χ1n) is 5.18. The zero-order valence-corrected chi connectivity index (χ0v) is 9.84. The molecule has 1 amide bonds. The van der Waals surface area contributed by atoms with E-state index in [1.54, 1.807) is 0 Å². The van der Waals surface area contributed by atoms with Gasteiger partial charge in [-0.05, 0) is 6.07 Å². The SMILES string of the molecule is CC(=O)NC(N)=[NH+]c1nc2cc([N+](=O)[O-])ccc2o1. The largest absolute Gasteiger partial charge is 0.406 e. The fourth-order valence-electron chi connectivity index (χ4n) is 1.42. The second kappa shape index (κ2) is 4.72. The van der Waals surface area contributed by atoms with Gasteiger partial charge in [0.05, 0.1) is 11.0 Å². The number of nitrogens with one attached hydrogen (secondary N) is 2. The number of rotatable bonds is 2. The van der Waals surface area contributed by atoms with Gasteiger partial charge in [-0.15, -0.1) is 0 Å². The third-order valence-electron chi connectivity index (χ3n) is 2.13. The Bertz CT molecular complexity index is 690. The van der Waals surface area contributed by atoms with Gasteiger partial charge in [0.2, 0.25) is 0 Å². The first kappa shape index (κ1) is 12.5. The number of fused-ring (bicyclic) bond motifs is 1. The van der Waals surface area contributed by atoms with Crippen LogP contribution in [0.25, 0.3) is 11.1 Å². The van der Waals surface area contributed by atoms with E-state index in [0.717, 1.165) is 0 Å². The molecule has 0 aliphatic heterocycles. The maximum atomic E-state index is 10.8. The highest BCUT2D eigenvalue weighted by Gasteiger charge is 2.14. The van der Waals surface area contributed by atoms with E-state index in [0.29, 0.717) is 11.1 Å². The van der Waals surface area contributed by atoms with Crippen LogP contribution in [-0.2, 0) is 4.79 Å². The number of nitro groups is 1. The predicted octanol–water partition coefficient (Wildman–Crippen LogP) is -1.10. The van der Waals surface area contributed by atoms with Gasteiger partial charge in [-0.3, -0.25) is 14.9 Å². The van der Waals surface area contributed by atoms with Crippen LogP contribution in [0.5, 0.6) is 0 Å². The number of oxazole rings is 1. The predicted molar refractivity (Wildman–Crippen MR) is 64.3 cm³/mol. The minimum absolute atomic E-state index is 0.0294. The van der Waals surface area contributed by atoms with Crippen LogP contribution in [0.3, 0.4) is 0 Å². The molecule has 2 rings (SSSR count). The number of amides is 1. The van der Waals surface area contributed by atoms with Crippen molar-refractivity contribution in [3.63, 3.8) is 0 Å². The maximum absolute atomic E-state index is 10.8. The molecule has 1 aromatic carbocycles. The molecular weight excluding hydrogens is 254 g/mol. The molecule has 19 heavy (non-hydrogen) atoms. The normalized spacial score (nSPS) is 11.5. The Balaban J connectivity index is 2.36. The molecule has 0 radical (unpaired) electrons. The van der Waals surface area contributed by atoms with Crippen molar-refractivity contribution in [3.8, 4) is 0 Å². The summed E-state index contributed by atoms with van der Waals surface area (Å²) < 4.78 is 5.26. The molecule has 1 heterocycles. The summed E-state index contributed by atoms with van der Waals surface area (Å²) in [4.78, 5) is 27.3. The van der Waals surface area contributed by atoms with Crippen LogP contribution in [0.15, 0.2) is 22.6 Å². The number of nitrogens with two attached hydrogens (primary N) is 1. The van der Waals surface area contributed by atoms with Gasteiger partial charge < -0.3 is 10.2 Å². The second-order valence-electron chi connectivity index (χ2n) is 3.65. The zero-order chi connectivity index (χ0) is 14.0. The third kappa shape index (κ3) is 2.83. The fourth-order valence-corrected chi connectivity index (χ4v) is 1.42. The highest BCUT2D eigenvalue weighted by molar-refractivity contribution is 5.92. The van der Waals surface area contributed by atoms with E-state index in [1.165, 1.54) is 25.1 Å². The quantitative estimate of drug-likeness (QED) is 0.272. The second-order valence-corrected chi connectivity index (χ2v) is 3.65. The molecule has 0 saturated carbocycles. The molecule has 0 saturated heterocycles. The van der Waals surface area contributed by atoms with Crippen molar-refractivity contribution < 1.29 is 19.1 Å². The van der Waals surface area contributed by atoms with Crippen LogP contribution in [-0.4, -0.2) is 21.8 Å². The van der Waals surface area contributed by atoms with E-state index >= 15 is 0 Å². The molecule has 0 unspecified atom stereocenters. The summed E-state index contributed by atoms with van der Waals surface area (Å²) in [5.41, 5.74) is 6.06. The molecule has 0 aliphatic carbocycles. The van der Waals surface area contributed by atoms with Gasteiger partial charge in [0, 0.05) is 13.0 Å². The number of nitrogens with zero attached hydrogens (tertiary/aromatic N) is 2. The van der Waals surface area contributed by atoms with E-state index in [1.807, 2.05) is 0 Å². The smallest absolute Gasteiger partial charge is 0.404 e. The average Bonchev–Trinajstić information content (AvgIpc) is 2.68. The first-order valence-corrected chi connectivity index (χ1v) is 5.18. The Morgan fingerprint density at radius 3 is 2.95 bits per heavy atom. The Morgan fingerprint density at radius 2 is 2.32 bits per heavy atom. The summed E-state index contributed by atoms with van der Waals surface area (Å²) in [7, 11) is 0. The van der Waals surface area contributed by atoms with Gasteiger partial charge in [-0.1, -0.05) is 4.98 Å². The Kier molecular flexibility index (Phi) is 3.10. The van der Waals surface area contributed by atoms with Gasteiger partial charge in [0.25, 0.3) is 11.6 Å². The van der Waals surface area contributed by atoms with E-state index < -0.39 is 4.92 Å². The Morgan fingerprint density at radius 1 is 1.58 bits per heavy atom. The van der Waals surface area contributed by atoms with Gasteiger partial charge in [0.1, 0.15) is 0 Å². The summed E-state index contributed by atoms with van der Waals surface area (Å²) in [6.07, 6.45) is 0. The van der Waals surface area contributed by atoms with E-state index in [2.05, 4.69) is 15.3 Å².